The second kappa shape index (κ2) is 9.69. The van der Waals surface area contributed by atoms with Crippen molar-refractivity contribution >= 4 is 35.3 Å². The number of hydrogen-bond acceptors (Lipinski definition) is 4. The van der Waals surface area contributed by atoms with Crippen LogP contribution in [0.3, 0.4) is 0 Å². The second-order valence-corrected chi connectivity index (χ2v) is 7.33. The van der Waals surface area contributed by atoms with Gasteiger partial charge in [0.15, 0.2) is 6.61 Å². The van der Waals surface area contributed by atoms with Crippen LogP contribution >= 0.6 is 23.2 Å². The molecule has 0 radical (unpaired) electrons. The number of carbonyl (C=O) groups is 1. The van der Waals surface area contributed by atoms with Crippen LogP contribution in [0.2, 0.25) is 10.0 Å². The minimum absolute atomic E-state index is 0.195. The number of aromatic nitrogens is 1. The Bertz CT molecular complexity index is 1090. The van der Waals surface area contributed by atoms with Crippen LogP contribution in [0, 0.1) is 13.8 Å². The Balaban J connectivity index is 1.70. The predicted molar refractivity (Wildman–Crippen MR) is 119 cm³/mol. The van der Waals surface area contributed by atoms with Gasteiger partial charge in [0.1, 0.15) is 11.5 Å². The molecule has 0 unspecified atom stereocenters. The topological polar surface area (TPSA) is 64.8 Å². The molecular formula is C22H21Cl2N3O3. The summed E-state index contributed by atoms with van der Waals surface area (Å²) >= 11 is 12.2. The largest absolute Gasteiger partial charge is 0.495 e. The summed E-state index contributed by atoms with van der Waals surface area (Å²) in [5.74, 6) is 0.753. The summed E-state index contributed by atoms with van der Waals surface area (Å²) in [6.45, 7) is 3.73. The van der Waals surface area contributed by atoms with Crippen molar-refractivity contribution in [1.82, 2.24) is 9.99 Å². The van der Waals surface area contributed by atoms with E-state index in [1.165, 1.54) is 0 Å². The molecule has 0 atom stereocenters. The minimum Gasteiger partial charge on any atom is -0.495 e. The van der Waals surface area contributed by atoms with E-state index in [9.17, 15) is 4.79 Å². The maximum Gasteiger partial charge on any atom is 0.277 e. The Kier molecular flexibility index (Phi) is 7.03. The third-order valence-electron chi connectivity index (χ3n) is 4.44. The maximum absolute atomic E-state index is 12.0. The number of ether oxygens (including phenoxy) is 2. The minimum atomic E-state index is -0.392. The maximum atomic E-state index is 12.0. The Hall–Kier alpha value is -2.96. The van der Waals surface area contributed by atoms with Gasteiger partial charge in [-0.2, -0.15) is 5.10 Å². The normalized spacial score (nSPS) is 11.0. The van der Waals surface area contributed by atoms with Crippen molar-refractivity contribution in [2.45, 2.75) is 13.8 Å². The van der Waals surface area contributed by atoms with Crippen molar-refractivity contribution in [3.63, 3.8) is 0 Å². The summed E-state index contributed by atoms with van der Waals surface area (Å²) in [5.41, 5.74) is 6.04. The fourth-order valence-electron chi connectivity index (χ4n) is 3.04. The van der Waals surface area contributed by atoms with Crippen LogP contribution in [0.15, 0.2) is 53.6 Å². The zero-order valence-electron chi connectivity index (χ0n) is 16.8. The third-order valence-corrected chi connectivity index (χ3v) is 4.99. The predicted octanol–water partition coefficient (Wildman–Crippen LogP) is 4.94. The lowest BCUT2D eigenvalue weighted by atomic mass is 10.2. The van der Waals surface area contributed by atoms with E-state index in [1.807, 2.05) is 36.6 Å². The van der Waals surface area contributed by atoms with E-state index < -0.39 is 5.91 Å². The molecule has 1 aromatic heterocycles. The number of hydrogen-bond donors (Lipinski definition) is 1. The highest BCUT2D eigenvalue weighted by Gasteiger charge is 2.14. The molecule has 30 heavy (non-hydrogen) atoms. The molecule has 0 saturated heterocycles. The highest BCUT2D eigenvalue weighted by Crippen LogP contribution is 2.30. The fourth-order valence-corrected chi connectivity index (χ4v) is 3.39. The zero-order chi connectivity index (χ0) is 21.7. The fraction of sp³-hybridized carbons (Fsp3) is 0.182. The lowest BCUT2D eigenvalue weighted by Gasteiger charge is -2.14. The number of aryl methyl sites for hydroxylation is 1. The van der Waals surface area contributed by atoms with Crippen LogP contribution in [-0.2, 0) is 4.79 Å². The molecule has 6 nitrogen and oxygen atoms in total. The van der Waals surface area contributed by atoms with Crippen molar-refractivity contribution in [3.05, 3.63) is 75.5 Å². The Morgan fingerprint density at radius 2 is 1.90 bits per heavy atom. The molecule has 1 amide bonds. The van der Waals surface area contributed by atoms with Crippen LogP contribution in [0.25, 0.3) is 5.69 Å². The van der Waals surface area contributed by atoms with Gasteiger partial charge in [0.25, 0.3) is 5.91 Å². The number of para-hydroxylation sites is 1. The van der Waals surface area contributed by atoms with Gasteiger partial charge in [0.05, 0.1) is 24.0 Å². The van der Waals surface area contributed by atoms with Gasteiger partial charge >= 0.3 is 0 Å². The molecule has 0 aliphatic carbocycles. The molecule has 1 heterocycles. The highest BCUT2D eigenvalue weighted by atomic mass is 35.5. The van der Waals surface area contributed by atoms with Gasteiger partial charge < -0.3 is 14.0 Å². The molecule has 0 aliphatic rings. The number of halogens is 2. The monoisotopic (exact) mass is 445 g/mol. The van der Waals surface area contributed by atoms with E-state index in [-0.39, 0.29) is 6.61 Å². The molecule has 156 valence electrons. The van der Waals surface area contributed by atoms with Crippen molar-refractivity contribution < 1.29 is 14.3 Å². The van der Waals surface area contributed by atoms with E-state index in [0.717, 1.165) is 22.6 Å². The number of nitrogens with one attached hydrogen (secondary N) is 1. The van der Waals surface area contributed by atoms with Gasteiger partial charge in [-0.25, -0.2) is 5.43 Å². The number of carbonyl (C=O) groups excluding carboxylic acids is 1. The van der Waals surface area contributed by atoms with Gasteiger partial charge in [-0.15, -0.1) is 0 Å². The molecular weight excluding hydrogens is 425 g/mol. The van der Waals surface area contributed by atoms with E-state index in [0.29, 0.717) is 21.5 Å². The summed E-state index contributed by atoms with van der Waals surface area (Å²) < 4.78 is 12.9. The third kappa shape index (κ3) is 4.96. The molecule has 2 aromatic carbocycles. The summed E-state index contributed by atoms with van der Waals surface area (Å²) in [6, 6.07) is 14.4. The number of methoxy groups -OCH3 is 1. The Morgan fingerprint density at radius 3 is 2.63 bits per heavy atom. The first-order chi connectivity index (χ1) is 14.4. The average molecular weight is 446 g/mol. The standard InChI is InChI=1S/C22H21Cl2N3O3/c1-14-10-16(15(2)27(14)19-11-17(23)8-9-21(19)29-3)12-25-26-22(28)13-30-20-7-5-4-6-18(20)24/h4-12H,13H2,1-3H3,(H,26,28)/b25-12-. The molecule has 0 saturated carbocycles. The first kappa shape index (κ1) is 21.7. The van der Waals surface area contributed by atoms with Gasteiger partial charge in [0.2, 0.25) is 0 Å². The van der Waals surface area contributed by atoms with Gasteiger partial charge in [-0.3, -0.25) is 4.79 Å². The lowest BCUT2D eigenvalue weighted by molar-refractivity contribution is -0.123. The van der Waals surface area contributed by atoms with Crippen molar-refractivity contribution in [2.75, 3.05) is 13.7 Å². The summed E-state index contributed by atoms with van der Waals surface area (Å²) in [4.78, 5) is 12.0. The molecule has 0 fully saturated rings. The van der Waals surface area contributed by atoms with Gasteiger partial charge in [-0.05, 0) is 50.2 Å². The first-order valence-corrected chi connectivity index (χ1v) is 9.88. The summed E-state index contributed by atoms with van der Waals surface area (Å²) in [6.07, 6.45) is 1.59. The van der Waals surface area contributed by atoms with Crippen LogP contribution in [-0.4, -0.2) is 30.4 Å². The van der Waals surface area contributed by atoms with E-state index in [1.54, 1.807) is 43.7 Å². The first-order valence-electron chi connectivity index (χ1n) is 9.12. The van der Waals surface area contributed by atoms with Crippen molar-refractivity contribution in [2.24, 2.45) is 5.10 Å². The summed E-state index contributed by atoms with van der Waals surface area (Å²) in [5, 5.41) is 5.09. The van der Waals surface area contributed by atoms with E-state index in [4.69, 9.17) is 32.7 Å². The number of amides is 1. The van der Waals surface area contributed by atoms with Crippen LogP contribution in [0.4, 0.5) is 0 Å². The molecule has 3 aromatic rings. The lowest BCUT2D eigenvalue weighted by Crippen LogP contribution is -2.24. The number of nitrogens with zero attached hydrogens (tertiary/aromatic N) is 2. The molecule has 3 rings (SSSR count). The van der Waals surface area contributed by atoms with E-state index >= 15 is 0 Å². The van der Waals surface area contributed by atoms with E-state index in [2.05, 4.69) is 10.5 Å². The SMILES string of the molecule is COc1ccc(Cl)cc1-n1c(C)cc(/C=N\NC(=O)COc2ccccc2Cl)c1C. The summed E-state index contributed by atoms with van der Waals surface area (Å²) in [7, 11) is 1.61. The van der Waals surface area contributed by atoms with Crippen molar-refractivity contribution in [3.8, 4) is 17.2 Å². The number of benzene rings is 2. The van der Waals surface area contributed by atoms with Crippen LogP contribution in [0.1, 0.15) is 17.0 Å². The van der Waals surface area contributed by atoms with Crippen LogP contribution in [0.5, 0.6) is 11.5 Å². The molecule has 0 spiro atoms. The Morgan fingerprint density at radius 1 is 1.13 bits per heavy atom. The van der Waals surface area contributed by atoms with Gasteiger partial charge in [0, 0.05) is 22.0 Å². The Labute approximate surface area is 185 Å². The second-order valence-electron chi connectivity index (χ2n) is 6.49. The molecule has 1 N–H and O–H groups in total. The van der Waals surface area contributed by atoms with Crippen molar-refractivity contribution in [1.29, 1.82) is 0 Å². The average Bonchev–Trinajstić information content (AvgIpc) is 3.00. The number of rotatable bonds is 7. The van der Waals surface area contributed by atoms with Gasteiger partial charge in [-0.1, -0.05) is 35.3 Å². The smallest absolute Gasteiger partial charge is 0.277 e. The highest BCUT2D eigenvalue weighted by molar-refractivity contribution is 6.32. The molecule has 0 bridgehead atoms. The number of hydrazone groups is 1. The van der Waals surface area contributed by atoms with Crippen LogP contribution < -0.4 is 14.9 Å². The molecule has 0 aliphatic heterocycles. The quantitative estimate of drug-likeness (QED) is 0.413. The molecule has 8 heteroatoms. The zero-order valence-corrected chi connectivity index (χ0v) is 18.3.